The summed E-state index contributed by atoms with van der Waals surface area (Å²) in [5.41, 5.74) is -0.426. The zero-order valence-corrected chi connectivity index (χ0v) is 8.13. The molecule has 5 nitrogen and oxygen atoms in total. The minimum atomic E-state index is -0.870. The smallest absolute Gasteiger partial charge is 0.434 e. The lowest BCUT2D eigenvalue weighted by Gasteiger charge is -2.02. The predicted molar refractivity (Wildman–Crippen MR) is 49.7 cm³/mol. The van der Waals surface area contributed by atoms with Crippen LogP contribution in [-0.4, -0.2) is 17.7 Å². The molecule has 6 heteroatoms. The summed E-state index contributed by atoms with van der Waals surface area (Å²) in [5.74, 6) is -0.00199. The van der Waals surface area contributed by atoms with Gasteiger partial charge in [-0.1, -0.05) is 11.6 Å². The van der Waals surface area contributed by atoms with Crippen molar-refractivity contribution in [3.8, 4) is 5.88 Å². The van der Waals surface area contributed by atoms with Gasteiger partial charge in [0.25, 0.3) is 0 Å². The number of carbonyl (C=O) groups excluding carboxylic acids is 1. The largest absolute Gasteiger partial charge is 0.515 e. The van der Waals surface area contributed by atoms with E-state index >= 15 is 0 Å². The number of pyridine rings is 1. The Hall–Kier alpha value is -1.49. The van der Waals surface area contributed by atoms with Crippen molar-refractivity contribution in [1.29, 1.82) is 0 Å². The first-order valence-corrected chi connectivity index (χ1v) is 4.24. The molecular formula is C8H8ClNO4. The lowest BCUT2D eigenvalue weighted by molar-refractivity contribution is 0.102. The highest BCUT2D eigenvalue weighted by Crippen LogP contribution is 2.06. The third kappa shape index (κ3) is 2.77. The monoisotopic (exact) mass is 217 g/mol. The molecule has 0 saturated heterocycles. The summed E-state index contributed by atoms with van der Waals surface area (Å²) < 4.78 is 9.11. The first-order chi connectivity index (χ1) is 6.63. The van der Waals surface area contributed by atoms with E-state index in [9.17, 15) is 9.59 Å². The normalized spacial score (nSPS) is 9.57. The van der Waals surface area contributed by atoms with E-state index in [1.54, 1.807) is 6.92 Å². The van der Waals surface area contributed by atoms with Crippen molar-refractivity contribution in [2.75, 3.05) is 6.61 Å². The average molecular weight is 218 g/mol. The van der Waals surface area contributed by atoms with Crippen LogP contribution in [0.1, 0.15) is 6.92 Å². The van der Waals surface area contributed by atoms with Crippen LogP contribution in [0.5, 0.6) is 5.88 Å². The van der Waals surface area contributed by atoms with E-state index in [0.717, 1.165) is 6.07 Å². The second-order valence-corrected chi connectivity index (χ2v) is 2.70. The number of nitrogens with one attached hydrogen (secondary N) is 1. The van der Waals surface area contributed by atoms with E-state index in [1.807, 2.05) is 0 Å². The third-order valence-corrected chi connectivity index (χ3v) is 1.59. The van der Waals surface area contributed by atoms with E-state index in [4.69, 9.17) is 11.6 Å². The van der Waals surface area contributed by atoms with E-state index in [2.05, 4.69) is 14.5 Å². The maximum absolute atomic E-state index is 11.0. The lowest BCUT2D eigenvalue weighted by atomic mass is 10.5. The number of carbonyl (C=O) groups is 1. The molecule has 14 heavy (non-hydrogen) atoms. The molecule has 0 radical (unpaired) electrons. The van der Waals surface area contributed by atoms with Crippen molar-refractivity contribution in [3.63, 3.8) is 0 Å². The van der Waals surface area contributed by atoms with Crippen LogP contribution in [0.3, 0.4) is 0 Å². The third-order valence-electron chi connectivity index (χ3n) is 1.29. The van der Waals surface area contributed by atoms with Gasteiger partial charge >= 0.3 is 6.16 Å². The molecule has 0 aromatic carbocycles. The van der Waals surface area contributed by atoms with Crippen LogP contribution < -0.4 is 10.2 Å². The minimum absolute atomic E-state index is 0.00199. The highest BCUT2D eigenvalue weighted by Gasteiger charge is 2.06. The van der Waals surface area contributed by atoms with Crippen molar-refractivity contribution < 1.29 is 14.3 Å². The molecule has 0 fully saturated rings. The first kappa shape index (κ1) is 10.6. The van der Waals surface area contributed by atoms with Gasteiger partial charge in [-0.05, 0) is 6.92 Å². The number of H-pyrrole nitrogens is 1. The van der Waals surface area contributed by atoms with Gasteiger partial charge in [0.1, 0.15) is 5.02 Å². The predicted octanol–water partition coefficient (Wildman–Crippen LogP) is 1.56. The fourth-order valence-electron chi connectivity index (χ4n) is 0.731. The second kappa shape index (κ2) is 4.66. The number of aromatic nitrogens is 1. The van der Waals surface area contributed by atoms with Gasteiger partial charge in [-0.25, -0.2) is 4.79 Å². The maximum atomic E-state index is 11.0. The molecule has 0 saturated carbocycles. The van der Waals surface area contributed by atoms with Gasteiger partial charge in [0.2, 0.25) is 11.3 Å². The van der Waals surface area contributed by atoms with Crippen molar-refractivity contribution in [1.82, 2.24) is 4.98 Å². The molecule has 0 atom stereocenters. The molecule has 0 aliphatic rings. The van der Waals surface area contributed by atoms with Crippen LogP contribution >= 0.6 is 11.6 Å². The Kier molecular flexibility index (Phi) is 3.53. The van der Waals surface area contributed by atoms with Gasteiger partial charge in [0.05, 0.1) is 6.61 Å². The zero-order valence-electron chi connectivity index (χ0n) is 7.37. The summed E-state index contributed by atoms with van der Waals surface area (Å²) in [6.07, 6.45) is 0.365. The summed E-state index contributed by atoms with van der Waals surface area (Å²) in [5, 5.41) is 0.0289. The highest BCUT2D eigenvalue weighted by molar-refractivity contribution is 6.30. The van der Waals surface area contributed by atoms with Gasteiger partial charge in [0.15, 0.2) is 0 Å². The lowest BCUT2D eigenvalue weighted by Crippen LogP contribution is -2.12. The number of rotatable bonds is 2. The molecule has 0 bridgehead atoms. The van der Waals surface area contributed by atoms with E-state index in [0.29, 0.717) is 0 Å². The van der Waals surface area contributed by atoms with Crippen LogP contribution in [0.4, 0.5) is 4.79 Å². The number of hydrogen-bond donors (Lipinski definition) is 1. The number of ether oxygens (including phenoxy) is 2. The van der Waals surface area contributed by atoms with Crippen molar-refractivity contribution in [2.45, 2.75) is 6.92 Å². The SMILES string of the molecule is CCOC(=O)Oc1cc(=O)c(Cl)c[nH]1. The van der Waals surface area contributed by atoms with Crippen LogP contribution in [0, 0.1) is 0 Å². The number of halogens is 1. The number of aromatic amines is 1. The van der Waals surface area contributed by atoms with Crippen LogP contribution in [0.2, 0.25) is 5.02 Å². The molecule has 1 aromatic heterocycles. The molecule has 0 aliphatic carbocycles. The highest BCUT2D eigenvalue weighted by atomic mass is 35.5. The van der Waals surface area contributed by atoms with Crippen molar-refractivity contribution >= 4 is 17.8 Å². The standard InChI is InChI=1S/C8H8ClNO4/c1-2-13-8(12)14-7-3-6(11)5(9)4-10-7/h3-4H,2H2,1H3,(H,10,11). The van der Waals surface area contributed by atoms with Gasteiger partial charge in [-0.15, -0.1) is 0 Å². The Bertz CT molecular complexity index is 387. The van der Waals surface area contributed by atoms with E-state index in [1.165, 1.54) is 6.20 Å². The number of hydrogen-bond acceptors (Lipinski definition) is 4. The Morgan fingerprint density at radius 3 is 2.93 bits per heavy atom. The summed E-state index contributed by atoms with van der Waals surface area (Å²) in [6.45, 7) is 1.85. The molecule has 1 aromatic rings. The van der Waals surface area contributed by atoms with Crippen molar-refractivity contribution in [3.05, 3.63) is 27.5 Å². The van der Waals surface area contributed by atoms with Crippen LogP contribution in [-0.2, 0) is 4.74 Å². The molecule has 0 spiro atoms. The van der Waals surface area contributed by atoms with Gasteiger partial charge in [-0.2, -0.15) is 0 Å². The molecule has 1 N–H and O–H groups in total. The molecule has 0 aliphatic heterocycles. The fourth-order valence-corrected chi connectivity index (χ4v) is 0.840. The zero-order chi connectivity index (χ0) is 10.6. The maximum Gasteiger partial charge on any atom is 0.515 e. The molecule has 1 rings (SSSR count). The quantitative estimate of drug-likeness (QED) is 0.764. The Labute approximate surface area is 84.6 Å². The van der Waals surface area contributed by atoms with Crippen molar-refractivity contribution in [2.24, 2.45) is 0 Å². The molecule has 76 valence electrons. The minimum Gasteiger partial charge on any atom is -0.434 e. The molecule has 0 amide bonds. The molecule has 0 unspecified atom stereocenters. The summed E-state index contributed by atoms with van der Waals surface area (Å²) >= 11 is 5.46. The van der Waals surface area contributed by atoms with Gasteiger partial charge in [-0.3, -0.25) is 4.79 Å². The fraction of sp³-hybridized carbons (Fsp3) is 0.250. The summed E-state index contributed by atoms with van der Waals surface area (Å²) in [6, 6.07) is 1.07. The topological polar surface area (TPSA) is 68.4 Å². The van der Waals surface area contributed by atoms with E-state index in [-0.39, 0.29) is 17.5 Å². The van der Waals surface area contributed by atoms with Gasteiger partial charge < -0.3 is 14.5 Å². The van der Waals surface area contributed by atoms with E-state index < -0.39 is 11.6 Å². The molecular weight excluding hydrogens is 210 g/mol. The van der Waals surface area contributed by atoms with Gasteiger partial charge in [0, 0.05) is 12.3 Å². The Morgan fingerprint density at radius 1 is 1.64 bits per heavy atom. The first-order valence-electron chi connectivity index (χ1n) is 3.86. The summed E-state index contributed by atoms with van der Waals surface area (Å²) in [4.78, 5) is 24.3. The van der Waals surface area contributed by atoms with Crippen LogP contribution in [0.15, 0.2) is 17.1 Å². The Balaban J connectivity index is 2.73. The second-order valence-electron chi connectivity index (χ2n) is 2.29. The molecule has 1 heterocycles. The summed E-state index contributed by atoms with van der Waals surface area (Å²) in [7, 11) is 0. The Morgan fingerprint density at radius 2 is 2.36 bits per heavy atom. The van der Waals surface area contributed by atoms with Crippen LogP contribution in [0.25, 0.3) is 0 Å². The average Bonchev–Trinajstić information content (AvgIpc) is 2.12.